The van der Waals surface area contributed by atoms with Crippen LogP contribution in [0.5, 0.6) is 0 Å². The third-order valence-corrected chi connectivity index (χ3v) is 9.63. The van der Waals surface area contributed by atoms with Crippen LogP contribution in [0.1, 0.15) is 44.1 Å². The minimum absolute atomic E-state index is 0.106. The molecule has 6 nitrogen and oxygen atoms in total. The van der Waals surface area contributed by atoms with E-state index in [-0.39, 0.29) is 15.9 Å². The quantitative estimate of drug-likeness (QED) is 0.523. The molecule has 0 radical (unpaired) electrons. The lowest BCUT2D eigenvalue weighted by atomic mass is 9.85. The van der Waals surface area contributed by atoms with Crippen LogP contribution >= 0.6 is 22.9 Å². The number of hydrogen-bond donors (Lipinski definition) is 2. The molecule has 1 aliphatic carbocycles. The highest BCUT2D eigenvalue weighted by Gasteiger charge is 2.30. The standard InChI is InChI=1S/C23H29ClFN3O3S2/c24-21-8-9-22(32-21)33(30,31)27-19(14-16-4-2-1-3-5-16)23(29)26-11-13-28-12-10-17-15-18(25)6-7-20(17)28/h6-9,15-16,19,27H,1-5,10-14H2,(H,26,29)/t19-/m0/s1. The first-order valence-electron chi connectivity index (χ1n) is 11.4. The van der Waals surface area contributed by atoms with E-state index < -0.39 is 16.1 Å². The van der Waals surface area contributed by atoms with Crippen LogP contribution < -0.4 is 14.9 Å². The van der Waals surface area contributed by atoms with Crippen molar-refractivity contribution in [3.63, 3.8) is 0 Å². The van der Waals surface area contributed by atoms with Crippen molar-refractivity contribution in [1.29, 1.82) is 0 Å². The molecule has 1 saturated carbocycles. The summed E-state index contributed by atoms with van der Waals surface area (Å²) in [6.45, 7) is 1.73. The van der Waals surface area contributed by atoms with Gasteiger partial charge in [0.05, 0.1) is 4.34 Å². The van der Waals surface area contributed by atoms with Crippen molar-refractivity contribution in [3.05, 3.63) is 46.0 Å². The molecule has 0 saturated heterocycles. The Labute approximate surface area is 203 Å². The molecule has 33 heavy (non-hydrogen) atoms. The summed E-state index contributed by atoms with van der Waals surface area (Å²) in [7, 11) is -3.84. The maximum Gasteiger partial charge on any atom is 0.250 e. The van der Waals surface area contributed by atoms with Crippen LogP contribution in [0.4, 0.5) is 10.1 Å². The Morgan fingerprint density at radius 2 is 2.00 bits per heavy atom. The Morgan fingerprint density at radius 1 is 1.21 bits per heavy atom. The molecule has 2 aromatic rings. The normalized spacial score (nSPS) is 17.7. The van der Waals surface area contributed by atoms with Gasteiger partial charge < -0.3 is 10.2 Å². The van der Waals surface area contributed by atoms with Crippen molar-refractivity contribution in [2.45, 2.75) is 55.2 Å². The van der Waals surface area contributed by atoms with Crippen molar-refractivity contribution < 1.29 is 17.6 Å². The van der Waals surface area contributed by atoms with Gasteiger partial charge in [-0.05, 0) is 54.7 Å². The minimum Gasteiger partial charge on any atom is -0.369 e. The molecule has 1 aromatic heterocycles. The lowest BCUT2D eigenvalue weighted by molar-refractivity contribution is -0.123. The zero-order chi connectivity index (χ0) is 23.4. The van der Waals surface area contributed by atoms with Gasteiger partial charge in [-0.1, -0.05) is 43.7 Å². The van der Waals surface area contributed by atoms with E-state index in [1.165, 1.54) is 24.6 Å². The number of fused-ring (bicyclic) bond motifs is 1. The molecule has 4 rings (SSSR count). The maximum absolute atomic E-state index is 13.4. The first-order chi connectivity index (χ1) is 15.8. The molecule has 1 fully saturated rings. The fraction of sp³-hybridized carbons (Fsp3) is 0.522. The number of amides is 1. The molecule has 1 aliphatic heterocycles. The maximum atomic E-state index is 13.4. The lowest BCUT2D eigenvalue weighted by Crippen LogP contribution is -2.49. The van der Waals surface area contributed by atoms with E-state index in [4.69, 9.17) is 11.6 Å². The van der Waals surface area contributed by atoms with Gasteiger partial charge in [0.25, 0.3) is 10.0 Å². The SMILES string of the molecule is O=C(NCCN1CCc2cc(F)ccc21)[C@H](CC1CCCCC1)NS(=O)(=O)c1ccc(Cl)s1. The molecule has 0 unspecified atom stereocenters. The predicted octanol–water partition coefficient (Wildman–Crippen LogP) is 4.34. The summed E-state index contributed by atoms with van der Waals surface area (Å²) in [5.41, 5.74) is 1.96. The molecule has 1 amide bonds. The van der Waals surface area contributed by atoms with E-state index in [1.807, 2.05) is 0 Å². The Kier molecular flexibility index (Phi) is 7.94. The van der Waals surface area contributed by atoms with Crippen LogP contribution in [0.3, 0.4) is 0 Å². The average molecular weight is 514 g/mol. The predicted molar refractivity (Wildman–Crippen MR) is 130 cm³/mol. The van der Waals surface area contributed by atoms with Crippen molar-refractivity contribution >= 4 is 44.6 Å². The van der Waals surface area contributed by atoms with Crippen LogP contribution in [-0.2, 0) is 21.2 Å². The summed E-state index contributed by atoms with van der Waals surface area (Å²) in [4.78, 5) is 15.2. The molecular weight excluding hydrogens is 485 g/mol. The third-order valence-electron chi connectivity index (χ3n) is 6.44. The van der Waals surface area contributed by atoms with Crippen molar-refractivity contribution in [2.24, 2.45) is 5.92 Å². The largest absolute Gasteiger partial charge is 0.369 e. The number of nitrogens with zero attached hydrogens (tertiary/aromatic N) is 1. The number of carbonyl (C=O) groups is 1. The van der Waals surface area contributed by atoms with E-state index in [0.717, 1.165) is 61.2 Å². The molecule has 2 aliphatic rings. The van der Waals surface area contributed by atoms with Crippen molar-refractivity contribution in [3.8, 4) is 0 Å². The molecule has 0 bridgehead atoms. The van der Waals surface area contributed by atoms with Crippen LogP contribution in [0, 0.1) is 11.7 Å². The Morgan fingerprint density at radius 3 is 2.73 bits per heavy atom. The third kappa shape index (κ3) is 6.26. The number of anilines is 1. The Balaban J connectivity index is 1.39. The zero-order valence-electron chi connectivity index (χ0n) is 18.4. The summed E-state index contributed by atoms with van der Waals surface area (Å²) in [5, 5.41) is 2.92. The molecule has 2 heterocycles. The number of halogens is 2. The summed E-state index contributed by atoms with van der Waals surface area (Å²) < 4.78 is 42.3. The summed E-state index contributed by atoms with van der Waals surface area (Å²) in [5.74, 6) is -0.233. The van der Waals surface area contributed by atoms with Gasteiger partial charge in [0.1, 0.15) is 16.1 Å². The smallest absolute Gasteiger partial charge is 0.250 e. The number of nitrogens with one attached hydrogen (secondary N) is 2. The molecule has 1 atom stereocenters. The number of sulfonamides is 1. The highest BCUT2D eigenvalue weighted by molar-refractivity contribution is 7.91. The first kappa shape index (κ1) is 24.4. The van der Waals surface area contributed by atoms with Gasteiger partial charge >= 0.3 is 0 Å². The van der Waals surface area contributed by atoms with Crippen LogP contribution in [0.2, 0.25) is 4.34 Å². The van der Waals surface area contributed by atoms with Crippen LogP contribution in [-0.4, -0.2) is 40.0 Å². The molecule has 180 valence electrons. The fourth-order valence-electron chi connectivity index (χ4n) is 4.76. The highest BCUT2D eigenvalue weighted by atomic mass is 35.5. The first-order valence-corrected chi connectivity index (χ1v) is 14.1. The number of benzene rings is 1. The van der Waals surface area contributed by atoms with Crippen LogP contribution in [0.15, 0.2) is 34.5 Å². The van der Waals surface area contributed by atoms with E-state index in [0.29, 0.717) is 29.8 Å². The summed E-state index contributed by atoms with van der Waals surface area (Å²) >= 11 is 6.89. The van der Waals surface area contributed by atoms with Gasteiger partial charge in [0.15, 0.2) is 0 Å². The van der Waals surface area contributed by atoms with Crippen molar-refractivity contribution in [1.82, 2.24) is 10.0 Å². The second-order valence-corrected chi connectivity index (χ2v) is 12.4. The summed E-state index contributed by atoms with van der Waals surface area (Å²) in [6.07, 6.45) is 6.69. The van der Waals surface area contributed by atoms with Gasteiger partial charge in [-0.3, -0.25) is 4.79 Å². The number of carbonyl (C=O) groups excluding carboxylic acids is 1. The average Bonchev–Trinajstić information content (AvgIpc) is 3.40. The van der Waals surface area contributed by atoms with Gasteiger partial charge in [0.2, 0.25) is 5.91 Å². The molecule has 2 N–H and O–H groups in total. The summed E-state index contributed by atoms with van der Waals surface area (Å²) in [6, 6.07) is 6.93. The van der Waals surface area contributed by atoms with Gasteiger partial charge in [0, 0.05) is 25.3 Å². The topological polar surface area (TPSA) is 78.5 Å². The van der Waals surface area contributed by atoms with Gasteiger partial charge in [-0.25, -0.2) is 12.8 Å². The minimum atomic E-state index is -3.84. The number of hydrogen-bond acceptors (Lipinski definition) is 5. The monoisotopic (exact) mass is 513 g/mol. The highest BCUT2D eigenvalue weighted by Crippen LogP contribution is 2.30. The second kappa shape index (κ2) is 10.7. The molecule has 0 spiro atoms. The lowest BCUT2D eigenvalue weighted by Gasteiger charge is -2.27. The molecule has 1 aromatic carbocycles. The van der Waals surface area contributed by atoms with E-state index in [1.54, 1.807) is 12.1 Å². The Bertz CT molecular complexity index is 1090. The number of thiophene rings is 1. The zero-order valence-corrected chi connectivity index (χ0v) is 20.7. The van der Waals surface area contributed by atoms with Crippen molar-refractivity contribution in [2.75, 3.05) is 24.5 Å². The molecule has 10 heteroatoms. The van der Waals surface area contributed by atoms with Gasteiger partial charge in [-0.15, -0.1) is 11.3 Å². The van der Waals surface area contributed by atoms with Gasteiger partial charge in [-0.2, -0.15) is 4.72 Å². The second-order valence-electron chi connectivity index (χ2n) is 8.77. The van der Waals surface area contributed by atoms with E-state index >= 15 is 0 Å². The fourth-order valence-corrected chi connectivity index (χ4v) is 7.47. The van der Waals surface area contributed by atoms with E-state index in [2.05, 4.69) is 14.9 Å². The van der Waals surface area contributed by atoms with E-state index in [9.17, 15) is 17.6 Å². The Hall–Kier alpha value is -1.68. The number of rotatable bonds is 9. The van der Waals surface area contributed by atoms with Crippen LogP contribution in [0.25, 0.3) is 0 Å². The molecular formula is C23H29ClFN3O3S2.